The smallest absolute Gasteiger partial charge is 0.204 e. The van der Waals surface area contributed by atoms with E-state index >= 15 is 0 Å². The first-order chi connectivity index (χ1) is 11.4. The van der Waals surface area contributed by atoms with Crippen molar-refractivity contribution < 1.29 is 13.2 Å². The minimum Gasteiger partial charge on any atom is -0.355 e. The zero-order valence-corrected chi connectivity index (χ0v) is 15.0. The first-order valence-corrected chi connectivity index (χ1v) is 10.4. The highest BCUT2D eigenvalue weighted by atomic mass is 32.2. The Hall–Kier alpha value is -2.10. The molecule has 0 saturated heterocycles. The summed E-state index contributed by atoms with van der Waals surface area (Å²) in [7, 11) is -3.35. The summed E-state index contributed by atoms with van der Waals surface area (Å²) < 4.78 is 23.2. The molecule has 124 valence electrons. The third kappa shape index (κ3) is 3.86. The van der Waals surface area contributed by atoms with Gasteiger partial charge in [-0.2, -0.15) is 0 Å². The van der Waals surface area contributed by atoms with E-state index in [1.165, 1.54) is 41.0 Å². The van der Waals surface area contributed by atoms with Gasteiger partial charge in [-0.1, -0.05) is 23.5 Å². The van der Waals surface area contributed by atoms with E-state index in [1.807, 2.05) is 5.38 Å². The van der Waals surface area contributed by atoms with Gasteiger partial charge in [-0.25, -0.2) is 18.4 Å². The molecule has 0 saturated carbocycles. The molecule has 2 aromatic heterocycles. The summed E-state index contributed by atoms with van der Waals surface area (Å²) in [5.41, 5.74) is 0.327. The van der Waals surface area contributed by atoms with E-state index in [0.29, 0.717) is 22.1 Å². The molecule has 0 radical (unpaired) electrons. The molecule has 0 atom stereocenters. The Morgan fingerprint density at radius 3 is 2.83 bits per heavy atom. The van der Waals surface area contributed by atoms with Gasteiger partial charge in [0, 0.05) is 23.4 Å². The molecule has 3 rings (SSSR count). The van der Waals surface area contributed by atoms with Gasteiger partial charge in [-0.3, -0.25) is 4.79 Å². The molecule has 6 nitrogen and oxygen atoms in total. The molecule has 0 aliphatic carbocycles. The molecule has 3 aromatic rings. The maximum atomic E-state index is 12.5. The number of anilines is 1. The fraction of sp³-hybridized carbons (Fsp3) is 0.133. The monoisotopic (exact) mass is 379 g/mol. The molecule has 24 heavy (non-hydrogen) atoms. The number of carbonyl (C=O) groups excluding carboxylic acids is 1. The maximum Gasteiger partial charge on any atom is 0.204 e. The molecular formula is C15H13N3O3S3. The van der Waals surface area contributed by atoms with E-state index in [0.717, 1.165) is 11.3 Å². The van der Waals surface area contributed by atoms with Gasteiger partial charge in [0.25, 0.3) is 0 Å². The number of hydrogen-bond donors (Lipinski definition) is 1. The normalized spacial score (nSPS) is 11.4. The van der Waals surface area contributed by atoms with Crippen LogP contribution in [-0.4, -0.2) is 30.4 Å². The van der Waals surface area contributed by atoms with Crippen LogP contribution in [0.25, 0.3) is 0 Å². The molecule has 1 N–H and O–H groups in total. The molecule has 0 aliphatic rings. The summed E-state index contributed by atoms with van der Waals surface area (Å²) in [6.45, 7) is 0.544. The van der Waals surface area contributed by atoms with Crippen LogP contribution in [0.2, 0.25) is 0 Å². The zero-order valence-electron chi connectivity index (χ0n) is 12.6. The highest BCUT2D eigenvalue weighted by molar-refractivity contribution is 7.90. The number of rotatable bonds is 6. The number of carbonyl (C=O) groups is 1. The number of hydrogen-bond acceptors (Lipinski definition) is 8. The molecule has 0 amide bonds. The number of thiazole rings is 2. The maximum absolute atomic E-state index is 12.5. The van der Waals surface area contributed by atoms with E-state index in [9.17, 15) is 13.2 Å². The lowest BCUT2D eigenvalue weighted by atomic mass is 10.1. The number of sulfone groups is 1. The third-order valence-corrected chi connectivity index (χ3v) is 5.97. The molecule has 0 spiro atoms. The number of nitrogens with zero attached hydrogens (tertiary/aromatic N) is 2. The molecule has 0 bridgehead atoms. The fourth-order valence-corrected chi connectivity index (χ4v) is 3.96. The van der Waals surface area contributed by atoms with Crippen molar-refractivity contribution >= 4 is 43.4 Å². The quantitative estimate of drug-likeness (QED) is 0.663. The van der Waals surface area contributed by atoms with Crippen LogP contribution in [-0.2, 0) is 16.4 Å². The van der Waals surface area contributed by atoms with Gasteiger partial charge in [0.15, 0.2) is 15.0 Å². The second kappa shape index (κ2) is 6.80. The van der Waals surface area contributed by atoms with Crippen molar-refractivity contribution in [3.63, 3.8) is 0 Å². The number of nitrogens with one attached hydrogen (secondary N) is 1. The Bertz CT molecular complexity index is 963. The van der Waals surface area contributed by atoms with Crippen molar-refractivity contribution in [1.29, 1.82) is 0 Å². The Morgan fingerprint density at radius 2 is 2.12 bits per heavy atom. The lowest BCUT2D eigenvalue weighted by Crippen LogP contribution is -2.02. The summed E-state index contributed by atoms with van der Waals surface area (Å²) in [6.07, 6.45) is 4.33. The van der Waals surface area contributed by atoms with Crippen LogP contribution < -0.4 is 5.32 Å². The van der Waals surface area contributed by atoms with Crippen molar-refractivity contribution in [1.82, 2.24) is 9.97 Å². The summed E-state index contributed by atoms with van der Waals surface area (Å²) in [4.78, 5) is 21.4. The van der Waals surface area contributed by atoms with Crippen LogP contribution in [0.5, 0.6) is 0 Å². The van der Waals surface area contributed by atoms with E-state index in [4.69, 9.17) is 0 Å². The molecule has 2 heterocycles. The van der Waals surface area contributed by atoms with Crippen molar-refractivity contribution in [2.45, 2.75) is 11.4 Å². The molecule has 9 heteroatoms. The minimum absolute atomic E-state index is 0.125. The average Bonchev–Trinajstić information content (AvgIpc) is 3.23. The molecule has 0 unspecified atom stereocenters. The van der Waals surface area contributed by atoms with Crippen LogP contribution in [0.15, 0.2) is 46.9 Å². The van der Waals surface area contributed by atoms with Crippen LogP contribution in [0, 0.1) is 0 Å². The number of benzene rings is 1. The largest absolute Gasteiger partial charge is 0.355 e. The highest BCUT2D eigenvalue weighted by Gasteiger charge is 2.16. The summed E-state index contributed by atoms with van der Waals surface area (Å²) in [5, 5.41) is 6.56. The Labute approximate surface area is 147 Å². The fourth-order valence-electron chi connectivity index (χ4n) is 1.96. The topological polar surface area (TPSA) is 89.0 Å². The Balaban J connectivity index is 1.76. The first-order valence-electron chi connectivity index (χ1n) is 6.86. The third-order valence-electron chi connectivity index (χ3n) is 3.13. The molecule has 0 fully saturated rings. The van der Waals surface area contributed by atoms with Crippen LogP contribution in [0.3, 0.4) is 0 Å². The van der Waals surface area contributed by atoms with E-state index in [1.54, 1.807) is 18.3 Å². The van der Waals surface area contributed by atoms with Gasteiger partial charge in [0.2, 0.25) is 5.78 Å². The summed E-state index contributed by atoms with van der Waals surface area (Å²) in [6, 6.07) is 6.02. The van der Waals surface area contributed by atoms with Crippen molar-refractivity contribution in [2.24, 2.45) is 0 Å². The molecule has 1 aromatic carbocycles. The van der Waals surface area contributed by atoms with Gasteiger partial charge in [-0.05, 0) is 12.1 Å². The zero-order chi connectivity index (χ0) is 17.2. The standard InChI is InChI=1S/C15H13N3O3S3/c1-24(20,21)11-4-2-3-10(7-11)14(19)12-8-17-15(23-12)18-9-13-16-5-6-22-13/h2-8H,9H2,1H3,(H,17,18). The van der Waals surface area contributed by atoms with Crippen molar-refractivity contribution in [3.05, 3.63) is 57.5 Å². The summed E-state index contributed by atoms with van der Waals surface area (Å²) >= 11 is 2.76. The molecule has 0 aliphatic heterocycles. The number of aromatic nitrogens is 2. The van der Waals surface area contributed by atoms with E-state index in [-0.39, 0.29) is 10.7 Å². The van der Waals surface area contributed by atoms with Crippen LogP contribution >= 0.6 is 22.7 Å². The van der Waals surface area contributed by atoms with Gasteiger partial charge in [0.1, 0.15) is 5.01 Å². The Kier molecular flexibility index (Phi) is 4.74. The summed E-state index contributed by atoms with van der Waals surface area (Å²) in [5.74, 6) is -0.250. The lowest BCUT2D eigenvalue weighted by Gasteiger charge is -2.01. The van der Waals surface area contributed by atoms with Gasteiger partial charge in [-0.15, -0.1) is 11.3 Å². The Morgan fingerprint density at radius 1 is 1.29 bits per heavy atom. The van der Waals surface area contributed by atoms with Gasteiger partial charge >= 0.3 is 0 Å². The van der Waals surface area contributed by atoms with Crippen LogP contribution in [0.1, 0.15) is 20.2 Å². The molecular weight excluding hydrogens is 366 g/mol. The highest BCUT2D eigenvalue weighted by Crippen LogP contribution is 2.23. The van der Waals surface area contributed by atoms with Crippen molar-refractivity contribution in [3.8, 4) is 0 Å². The van der Waals surface area contributed by atoms with E-state index < -0.39 is 9.84 Å². The average molecular weight is 379 g/mol. The minimum atomic E-state index is -3.35. The second-order valence-electron chi connectivity index (χ2n) is 4.94. The van der Waals surface area contributed by atoms with Gasteiger partial charge in [0.05, 0.1) is 22.5 Å². The van der Waals surface area contributed by atoms with Crippen molar-refractivity contribution in [2.75, 3.05) is 11.6 Å². The van der Waals surface area contributed by atoms with E-state index in [2.05, 4.69) is 15.3 Å². The SMILES string of the molecule is CS(=O)(=O)c1cccc(C(=O)c2cnc(NCc3nccs3)s2)c1. The second-order valence-corrected chi connectivity index (χ2v) is 8.96. The lowest BCUT2D eigenvalue weighted by molar-refractivity contribution is 0.104. The van der Waals surface area contributed by atoms with Gasteiger partial charge < -0.3 is 5.32 Å². The first kappa shape index (κ1) is 16.7. The predicted octanol–water partition coefficient (Wildman–Crippen LogP) is 2.85. The number of ketones is 1. The predicted molar refractivity (Wildman–Crippen MR) is 94.5 cm³/mol. The van der Waals surface area contributed by atoms with Crippen LogP contribution in [0.4, 0.5) is 5.13 Å².